The molecule has 1 heterocycles. The summed E-state index contributed by atoms with van der Waals surface area (Å²) in [6, 6.07) is 7.43. The number of carboxylic acid groups (broad SMARTS) is 1. The van der Waals surface area contributed by atoms with E-state index in [0.29, 0.717) is 0 Å². The van der Waals surface area contributed by atoms with E-state index in [9.17, 15) is 4.79 Å². The minimum atomic E-state index is -0.764. The third-order valence-corrected chi connectivity index (χ3v) is 3.31. The number of rotatable bonds is 2. The predicted molar refractivity (Wildman–Crippen MR) is 60.9 cm³/mol. The van der Waals surface area contributed by atoms with Gasteiger partial charge in [-0.1, -0.05) is 28.1 Å². The molecule has 0 aromatic heterocycles. The molecule has 2 rings (SSSR count). The number of carbonyl (C=O) groups is 1. The number of halogens is 1. The fraction of sp³-hybridized carbons (Fsp3) is 0.364. The Morgan fingerprint density at radius 3 is 2.67 bits per heavy atom. The van der Waals surface area contributed by atoms with E-state index < -0.39 is 12.0 Å². The van der Waals surface area contributed by atoms with Crippen LogP contribution in [0.1, 0.15) is 17.9 Å². The molecular weight excluding hydrogens is 258 g/mol. The molecule has 2 atom stereocenters. The van der Waals surface area contributed by atoms with Gasteiger partial charge in [-0.15, -0.1) is 0 Å². The monoisotopic (exact) mass is 269 g/mol. The highest BCUT2D eigenvalue weighted by atomic mass is 79.9. The summed E-state index contributed by atoms with van der Waals surface area (Å²) in [5, 5.41) is 12.0. The van der Waals surface area contributed by atoms with Gasteiger partial charge in [0.15, 0.2) is 0 Å². The molecule has 15 heavy (non-hydrogen) atoms. The lowest BCUT2D eigenvalue weighted by Crippen LogP contribution is -2.34. The summed E-state index contributed by atoms with van der Waals surface area (Å²) < 4.78 is 1.02. The SMILES string of the molecule is O=C(O)[C@@H]1NCC[C@H]1c1ccc(Br)cc1. The smallest absolute Gasteiger partial charge is 0.321 e. The molecule has 0 radical (unpaired) electrons. The van der Waals surface area contributed by atoms with Gasteiger partial charge in [0.1, 0.15) is 6.04 Å². The van der Waals surface area contributed by atoms with Crippen LogP contribution in [0.2, 0.25) is 0 Å². The molecule has 0 unspecified atom stereocenters. The topological polar surface area (TPSA) is 49.3 Å². The van der Waals surface area contributed by atoms with Gasteiger partial charge in [-0.2, -0.15) is 0 Å². The fourth-order valence-electron chi connectivity index (χ4n) is 2.03. The number of nitrogens with one attached hydrogen (secondary N) is 1. The first-order valence-electron chi connectivity index (χ1n) is 4.90. The Morgan fingerprint density at radius 2 is 2.07 bits per heavy atom. The summed E-state index contributed by atoms with van der Waals surface area (Å²) >= 11 is 3.37. The van der Waals surface area contributed by atoms with Gasteiger partial charge >= 0.3 is 5.97 Å². The van der Waals surface area contributed by atoms with E-state index in [-0.39, 0.29) is 5.92 Å². The molecule has 0 bridgehead atoms. The van der Waals surface area contributed by atoms with E-state index in [2.05, 4.69) is 21.2 Å². The van der Waals surface area contributed by atoms with Crippen LogP contribution >= 0.6 is 15.9 Å². The first-order chi connectivity index (χ1) is 7.18. The van der Waals surface area contributed by atoms with Crippen LogP contribution in [0.3, 0.4) is 0 Å². The van der Waals surface area contributed by atoms with Crippen molar-refractivity contribution in [1.29, 1.82) is 0 Å². The second kappa shape index (κ2) is 4.33. The quantitative estimate of drug-likeness (QED) is 0.863. The number of hydrogen-bond donors (Lipinski definition) is 2. The van der Waals surface area contributed by atoms with Crippen LogP contribution in [-0.4, -0.2) is 23.7 Å². The molecular formula is C11H12BrNO2. The Kier molecular flexibility index (Phi) is 3.07. The number of hydrogen-bond acceptors (Lipinski definition) is 2. The summed E-state index contributed by atoms with van der Waals surface area (Å²) in [7, 11) is 0. The first kappa shape index (κ1) is 10.6. The molecule has 2 N–H and O–H groups in total. The van der Waals surface area contributed by atoms with E-state index in [4.69, 9.17) is 5.11 Å². The second-order valence-corrected chi connectivity index (χ2v) is 4.63. The van der Waals surface area contributed by atoms with Crippen LogP contribution < -0.4 is 5.32 Å². The summed E-state index contributed by atoms with van der Waals surface area (Å²) in [4.78, 5) is 11.0. The standard InChI is InChI=1S/C11H12BrNO2/c12-8-3-1-7(2-4-8)9-5-6-13-10(9)11(14)15/h1-4,9-10,13H,5-6H2,(H,14,15)/t9-,10+/m0/s1. The molecule has 80 valence electrons. The highest BCUT2D eigenvalue weighted by molar-refractivity contribution is 9.10. The summed E-state index contributed by atoms with van der Waals surface area (Å²) in [6.07, 6.45) is 0.887. The average molecular weight is 270 g/mol. The summed E-state index contributed by atoms with van der Waals surface area (Å²) in [5.41, 5.74) is 1.09. The first-order valence-corrected chi connectivity index (χ1v) is 5.69. The molecule has 1 saturated heterocycles. The number of benzene rings is 1. The van der Waals surface area contributed by atoms with Gasteiger partial charge in [-0.3, -0.25) is 4.79 Å². The molecule has 0 amide bonds. The zero-order chi connectivity index (χ0) is 10.8. The summed E-state index contributed by atoms with van der Waals surface area (Å²) in [6.45, 7) is 0.775. The predicted octanol–water partition coefficient (Wildman–Crippen LogP) is 1.98. The van der Waals surface area contributed by atoms with Gasteiger partial charge in [0, 0.05) is 10.4 Å². The van der Waals surface area contributed by atoms with Crippen molar-refractivity contribution in [2.24, 2.45) is 0 Å². The Morgan fingerprint density at radius 1 is 1.40 bits per heavy atom. The van der Waals surface area contributed by atoms with E-state index in [1.165, 1.54) is 0 Å². The molecule has 0 saturated carbocycles. The van der Waals surface area contributed by atoms with Crippen molar-refractivity contribution in [3.63, 3.8) is 0 Å². The van der Waals surface area contributed by atoms with Crippen LogP contribution in [0.25, 0.3) is 0 Å². The van der Waals surface area contributed by atoms with E-state index in [1.807, 2.05) is 24.3 Å². The number of aliphatic carboxylic acids is 1. The van der Waals surface area contributed by atoms with Crippen molar-refractivity contribution in [1.82, 2.24) is 5.32 Å². The molecule has 4 heteroatoms. The maximum atomic E-state index is 11.0. The lowest BCUT2D eigenvalue weighted by molar-refractivity contribution is -0.139. The van der Waals surface area contributed by atoms with Gasteiger partial charge < -0.3 is 10.4 Å². The molecule has 1 aromatic carbocycles. The highest BCUT2D eigenvalue weighted by Crippen LogP contribution is 2.28. The van der Waals surface area contributed by atoms with Crippen LogP contribution in [0, 0.1) is 0 Å². The van der Waals surface area contributed by atoms with Gasteiger partial charge in [0.2, 0.25) is 0 Å². The van der Waals surface area contributed by atoms with Crippen molar-refractivity contribution >= 4 is 21.9 Å². The van der Waals surface area contributed by atoms with Gasteiger partial charge in [0.25, 0.3) is 0 Å². The maximum Gasteiger partial charge on any atom is 0.321 e. The Labute approximate surface area is 96.6 Å². The van der Waals surface area contributed by atoms with Crippen molar-refractivity contribution in [3.05, 3.63) is 34.3 Å². The minimum absolute atomic E-state index is 0.0931. The largest absolute Gasteiger partial charge is 0.480 e. The molecule has 1 aromatic rings. The zero-order valence-electron chi connectivity index (χ0n) is 8.11. The maximum absolute atomic E-state index is 11.0. The lowest BCUT2D eigenvalue weighted by atomic mass is 9.92. The van der Waals surface area contributed by atoms with Crippen molar-refractivity contribution in [3.8, 4) is 0 Å². The third kappa shape index (κ3) is 2.21. The molecule has 0 spiro atoms. The zero-order valence-corrected chi connectivity index (χ0v) is 9.70. The minimum Gasteiger partial charge on any atom is -0.480 e. The van der Waals surface area contributed by atoms with Crippen LogP contribution in [0.15, 0.2) is 28.7 Å². The van der Waals surface area contributed by atoms with Crippen molar-refractivity contribution < 1.29 is 9.90 Å². The second-order valence-electron chi connectivity index (χ2n) is 3.72. The molecule has 0 aliphatic carbocycles. The summed E-state index contributed by atoms with van der Waals surface area (Å²) in [5.74, 6) is -0.670. The van der Waals surface area contributed by atoms with E-state index in [1.54, 1.807) is 0 Å². The van der Waals surface area contributed by atoms with Gasteiger partial charge in [-0.25, -0.2) is 0 Å². The van der Waals surface area contributed by atoms with E-state index >= 15 is 0 Å². The van der Waals surface area contributed by atoms with Gasteiger partial charge in [-0.05, 0) is 30.7 Å². The Balaban J connectivity index is 2.22. The normalized spacial score (nSPS) is 25.4. The third-order valence-electron chi connectivity index (χ3n) is 2.79. The molecule has 1 aliphatic heterocycles. The van der Waals surface area contributed by atoms with Crippen molar-refractivity contribution in [2.75, 3.05) is 6.54 Å². The Bertz CT molecular complexity index is 363. The number of carboxylic acids is 1. The lowest BCUT2D eigenvalue weighted by Gasteiger charge is -2.15. The van der Waals surface area contributed by atoms with E-state index in [0.717, 1.165) is 23.0 Å². The molecule has 1 fully saturated rings. The van der Waals surface area contributed by atoms with Crippen LogP contribution in [0.4, 0.5) is 0 Å². The van der Waals surface area contributed by atoms with Crippen LogP contribution in [-0.2, 0) is 4.79 Å². The Hall–Kier alpha value is -0.870. The van der Waals surface area contributed by atoms with Gasteiger partial charge in [0.05, 0.1) is 0 Å². The molecule has 1 aliphatic rings. The molecule has 3 nitrogen and oxygen atoms in total. The van der Waals surface area contributed by atoms with Crippen molar-refractivity contribution in [2.45, 2.75) is 18.4 Å². The van der Waals surface area contributed by atoms with Crippen LogP contribution in [0.5, 0.6) is 0 Å². The fourth-order valence-corrected chi connectivity index (χ4v) is 2.30. The highest BCUT2D eigenvalue weighted by Gasteiger charge is 2.33. The average Bonchev–Trinajstić information content (AvgIpc) is 2.67.